The van der Waals surface area contributed by atoms with Crippen molar-refractivity contribution in [3.8, 4) is 0 Å². The van der Waals surface area contributed by atoms with Crippen LogP contribution in [0.3, 0.4) is 0 Å². The molecule has 0 aromatic carbocycles. The van der Waals surface area contributed by atoms with Crippen LogP contribution in [0, 0.1) is 10.1 Å². The molecule has 13 heavy (non-hydrogen) atoms. The minimum atomic E-state index is -0.672. The zero-order valence-corrected chi connectivity index (χ0v) is 7.37. The number of hydrogen-bond acceptors (Lipinski definition) is 3. The average molecular weight is 208 g/mol. The highest BCUT2D eigenvalue weighted by atomic mass is 35.5. The monoisotopic (exact) mass is 207 g/mol. The Morgan fingerprint density at radius 1 is 1.77 bits per heavy atom. The number of nitrogens with zero attached hydrogens (tertiary/aromatic N) is 3. The number of alkyl halides is 1. The van der Waals surface area contributed by atoms with Crippen molar-refractivity contribution in [2.45, 2.75) is 13.0 Å². The first kappa shape index (κ1) is 9.91. The van der Waals surface area contributed by atoms with E-state index in [4.69, 9.17) is 11.6 Å². The lowest BCUT2D eigenvalue weighted by Gasteiger charge is -1.90. The van der Waals surface area contributed by atoms with E-state index in [9.17, 15) is 14.5 Å². The van der Waals surface area contributed by atoms with Crippen LogP contribution in [-0.2, 0) is 6.54 Å². The summed E-state index contributed by atoms with van der Waals surface area (Å²) in [6.45, 7) is -0.185. The molecule has 1 heterocycles. The highest BCUT2D eigenvalue weighted by Gasteiger charge is 2.18. The number of hydrogen-bond donors (Lipinski definition) is 0. The SMILES string of the molecule is O=[N+]([O-])c1nn(CCCF)cc1Cl. The molecular weight excluding hydrogens is 201 g/mol. The van der Waals surface area contributed by atoms with Crippen molar-refractivity contribution >= 4 is 17.4 Å². The molecule has 0 saturated carbocycles. The van der Waals surface area contributed by atoms with E-state index >= 15 is 0 Å². The van der Waals surface area contributed by atoms with Crippen LogP contribution in [0.1, 0.15) is 6.42 Å². The molecule has 0 unspecified atom stereocenters. The largest absolute Gasteiger partial charge is 0.408 e. The molecule has 0 saturated heterocycles. The lowest BCUT2D eigenvalue weighted by molar-refractivity contribution is -0.389. The molecule has 0 aliphatic heterocycles. The summed E-state index contributed by atoms with van der Waals surface area (Å²) in [6.07, 6.45) is 1.59. The standard InChI is InChI=1S/C6H7ClFN3O2/c7-5-4-10(3-1-2-8)9-6(5)11(12)13/h4H,1-3H2. The number of nitro groups is 1. The second-order valence-electron chi connectivity index (χ2n) is 2.36. The Labute approximate surface area is 78.3 Å². The predicted molar refractivity (Wildman–Crippen MR) is 44.5 cm³/mol. The van der Waals surface area contributed by atoms with Gasteiger partial charge in [-0.3, -0.25) is 4.39 Å². The fourth-order valence-electron chi connectivity index (χ4n) is 0.847. The van der Waals surface area contributed by atoms with Gasteiger partial charge in [0.1, 0.15) is 0 Å². The lowest BCUT2D eigenvalue weighted by atomic mass is 10.5. The normalized spacial score (nSPS) is 10.3. The third-order valence-electron chi connectivity index (χ3n) is 1.39. The number of halogens is 2. The molecule has 0 amide bonds. The van der Waals surface area contributed by atoms with Gasteiger partial charge in [-0.15, -0.1) is 0 Å². The topological polar surface area (TPSA) is 61.0 Å². The van der Waals surface area contributed by atoms with E-state index in [0.29, 0.717) is 6.54 Å². The number of rotatable bonds is 4. The number of aromatic nitrogens is 2. The molecule has 0 aliphatic rings. The van der Waals surface area contributed by atoms with Crippen LogP contribution in [-0.4, -0.2) is 21.4 Å². The van der Waals surface area contributed by atoms with E-state index in [1.54, 1.807) is 0 Å². The van der Waals surface area contributed by atoms with Gasteiger partial charge >= 0.3 is 5.82 Å². The summed E-state index contributed by atoms with van der Waals surface area (Å²) < 4.78 is 13.0. The molecular formula is C6H7ClFN3O2. The van der Waals surface area contributed by atoms with Gasteiger partial charge in [0.05, 0.1) is 24.5 Å². The second kappa shape index (κ2) is 4.18. The third-order valence-corrected chi connectivity index (χ3v) is 1.66. The van der Waals surface area contributed by atoms with Crippen molar-refractivity contribution in [1.29, 1.82) is 0 Å². The van der Waals surface area contributed by atoms with E-state index in [1.807, 2.05) is 0 Å². The molecule has 0 radical (unpaired) electrons. The summed E-state index contributed by atoms with van der Waals surface area (Å²) in [5, 5.41) is 13.8. The Morgan fingerprint density at radius 3 is 2.92 bits per heavy atom. The van der Waals surface area contributed by atoms with Gasteiger partial charge in [-0.2, -0.15) is 4.68 Å². The van der Waals surface area contributed by atoms with Crippen LogP contribution >= 0.6 is 11.6 Å². The summed E-state index contributed by atoms with van der Waals surface area (Å²) in [5.74, 6) is -0.388. The fourth-order valence-corrected chi connectivity index (χ4v) is 1.07. The average Bonchev–Trinajstić information content (AvgIpc) is 2.43. The van der Waals surface area contributed by atoms with E-state index in [0.717, 1.165) is 0 Å². The van der Waals surface area contributed by atoms with E-state index in [-0.39, 0.29) is 17.3 Å². The van der Waals surface area contributed by atoms with Gasteiger partial charge < -0.3 is 10.1 Å². The summed E-state index contributed by atoms with van der Waals surface area (Å²) in [5.41, 5.74) is 0. The zero-order valence-electron chi connectivity index (χ0n) is 6.61. The van der Waals surface area contributed by atoms with Gasteiger partial charge in [0.25, 0.3) is 0 Å². The summed E-state index contributed by atoms with van der Waals surface area (Å²) in [7, 11) is 0. The van der Waals surface area contributed by atoms with Crippen LogP contribution in [0.4, 0.5) is 10.2 Å². The Hall–Kier alpha value is -1.17. The van der Waals surface area contributed by atoms with E-state index < -0.39 is 11.6 Å². The minimum Gasteiger partial charge on any atom is -0.358 e. The van der Waals surface area contributed by atoms with Crippen LogP contribution < -0.4 is 0 Å². The van der Waals surface area contributed by atoms with Crippen molar-refractivity contribution < 1.29 is 9.31 Å². The van der Waals surface area contributed by atoms with Gasteiger partial charge in [0.15, 0.2) is 5.02 Å². The first-order valence-corrected chi connectivity index (χ1v) is 3.96. The molecule has 0 fully saturated rings. The molecule has 1 aromatic heterocycles. The van der Waals surface area contributed by atoms with Crippen molar-refractivity contribution in [3.05, 3.63) is 21.3 Å². The molecule has 0 aliphatic carbocycles. The Bertz CT molecular complexity index is 315. The molecule has 7 heteroatoms. The number of aryl methyl sites for hydroxylation is 1. The maximum Gasteiger partial charge on any atom is 0.408 e. The van der Waals surface area contributed by atoms with Crippen molar-refractivity contribution in [3.63, 3.8) is 0 Å². The van der Waals surface area contributed by atoms with Crippen LogP contribution in [0.5, 0.6) is 0 Å². The Kier molecular flexibility index (Phi) is 3.18. The van der Waals surface area contributed by atoms with E-state index in [2.05, 4.69) is 5.10 Å². The quantitative estimate of drug-likeness (QED) is 0.559. The van der Waals surface area contributed by atoms with Crippen molar-refractivity contribution in [1.82, 2.24) is 9.78 Å². The molecule has 1 rings (SSSR count). The molecule has 0 bridgehead atoms. The Balaban J connectivity index is 2.76. The molecule has 72 valence electrons. The molecule has 0 N–H and O–H groups in total. The highest BCUT2D eigenvalue weighted by molar-refractivity contribution is 6.32. The van der Waals surface area contributed by atoms with Crippen LogP contribution in [0.2, 0.25) is 5.02 Å². The molecule has 5 nitrogen and oxygen atoms in total. The highest BCUT2D eigenvalue weighted by Crippen LogP contribution is 2.21. The lowest BCUT2D eigenvalue weighted by Crippen LogP contribution is -2.00. The first-order chi connectivity index (χ1) is 6.15. The van der Waals surface area contributed by atoms with Gasteiger partial charge in [-0.1, -0.05) is 11.6 Å². The maximum absolute atomic E-state index is 11.7. The van der Waals surface area contributed by atoms with Gasteiger partial charge in [-0.05, 0) is 11.3 Å². The summed E-state index contributed by atoms with van der Waals surface area (Å²) >= 11 is 5.50. The third kappa shape index (κ3) is 2.38. The van der Waals surface area contributed by atoms with Crippen LogP contribution in [0.15, 0.2) is 6.20 Å². The van der Waals surface area contributed by atoms with Crippen molar-refractivity contribution in [2.24, 2.45) is 0 Å². The summed E-state index contributed by atoms with van der Waals surface area (Å²) in [4.78, 5) is 9.61. The van der Waals surface area contributed by atoms with Gasteiger partial charge in [0, 0.05) is 0 Å². The zero-order chi connectivity index (χ0) is 9.84. The smallest absolute Gasteiger partial charge is 0.358 e. The first-order valence-electron chi connectivity index (χ1n) is 3.58. The second-order valence-corrected chi connectivity index (χ2v) is 2.77. The van der Waals surface area contributed by atoms with Gasteiger partial charge in [0.2, 0.25) is 0 Å². The summed E-state index contributed by atoms with van der Waals surface area (Å²) in [6, 6.07) is 0. The van der Waals surface area contributed by atoms with Crippen molar-refractivity contribution in [2.75, 3.05) is 6.67 Å². The maximum atomic E-state index is 11.7. The predicted octanol–water partition coefficient (Wildman–Crippen LogP) is 1.80. The fraction of sp³-hybridized carbons (Fsp3) is 0.500. The van der Waals surface area contributed by atoms with Gasteiger partial charge in [-0.25, -0.2) is 0 Å². The molecule has 0 spiro atoms. The van der Waals surface area contributed by atoms with E-state index in [1.165, 1.54) is 10.9 Å². The molecule has 1 aromatic rings. The molecule has 0 atom stereocenters. The Morgan fingerprint density at radius 2 is 2.46 bits per heavy atom. The van der Waals surface area contributed by atoms with Crippen LogP contribution in [0.25, 0.3) is 0 Å². The minimum absolute atomic E-state index is 0.0242.